The maximum absolute atomic E-state index is 12.7. The Hall–Kier alpha value is -2.57. The molecule has 1 N–H and O–H groups in total. The number of methoxy groups -OCH3 is 2. The minimum absolute atomic E-state index is 0.176. The van der Waals surface area contributed by atoms with Crippen molar-refractivity contribution in [3.63, 3.8) is 0 Å². The normalized spacial score (nSPS) is 11.3. The molecule has 1 aromatic rings. The third kappa shape index (κ3) is 5.91. The van der Waals surface area contributed by atoms with E-state index in [4.69, 9.17) is 9.47 Å². The molecular formula is C17H24N2O5. The number of nitrogens with zero attached hydrogens (tertiary/aromatic N) is 1. The topological polar surface area (TPSA) is 84.9 Å². The Morgan fingerprint density at radius 2 is 1.96 bits per heavy atom. The van der Waals surface area contributed by atoms with Crippen molar-refractivity contribution in [3.05, 3.63) is 29.8 Å². The average molecular weight is 336 g/mol. The molecule has 0 aliphatic heterocycles. The van der Waals surface area contributed by atoms with Gasteiger partial charge in [0, 0.05) is 32.1 Å². The molecule has 0 aromatic heterocycles. The molecular weight excluding hydrogens is 312 g/mol. The van der Waals surface area contributed by atoms with Gasteiger partial charge in [-0.05, 0) is 18.2 Å². The van der Waals surface area contributed by atoms with E-state index in [9.17, 15) is 14.4 Å². The zero-order valence-electron chi connectivity index (χ0n) is 14.5. The van der Waals surface area contributed by atoms with Gasteiger partial charge in [0.1, 0.15) is 5.75 Å². The van der Waals surface area contributed by atoms with Crippen molar-refractivity contribution in [1.82, 2.24) is 10.2 Å². The Kier molecular flexibility index (Phi) is 7.74. The van der Waals surface area contributed by atoms with E-state index in [0.29, 0.717) is 17.9 Å². The number of carbonyl (C=O) groups excluding carboxylic acids is 3. The lowest BCUT2D eigenvalue weighted by molar-refractivity contribution is -0.145. The van der Waals surface area contributed by atoms with Crippen LogP contribution < -0.4 is 10.1 Å². The molecule has 0 saturated carbocycles. The van der Waals surface area contributed by atoms with Gasteiger partial charge in [-0.3, -0.25) is 14.4 Å². The van der Waals surface area contributed by atoms with Gasteiger partial charge in [-0.15, -0.1) is 0 Å². The number of hydrogen-bond acceptors (Lipinski definition) is 5. The van der Waals surface area contributed by atoms with Gasteiger partial charge in [0.2, 0.25) is 5.91 Å². The van der Waals surface area contributed by atoms with Crippen LogP contribution >= 0.6 is 0 Å². The summed E-state index contributed by atoms with van der Waals surface area (Å²) in [5.41, 5.74) is 0.453. The highest BCUT2D eigenvalue weighted by Gasteiger charge is 2.22. The van der Waals surface area contributed by atoms with E-state index >= 15 is 0 Å². The lowest BCUT2D eigenvalue weighted by atomic mass is 10.1. The van der Waals surface area contributed by atoms with Gasteiger partial charge < -0.3 is 19.7 Å². The van der Waals surface area contributed by atoms with Gasteiger partial charge in [0.15, 0.2) is 0 Å². The van der Waals surface area contributed by atoms with Crippen LogP contribution in [0.3, 0.4) is 0 Å². The zero-order chi connectivity index (χ0) is 18.1. The molecule has 1 rings (SSSR count). The van der Waals surface area contributed by atoms with Crippen molar-refractivity contribution in [2.45, 2.75) is 13.8 Å². The third-order valence-electron chi connectivity index (χ3n) is 3.46. The van der Waals surface area contributed by atoms with Crippen LogP contribution in [0.15, 0.2) is 24.3 Å². The predicted molar refractivity (Wildman–Crippen MR) is 88.8 cm³/mol. The maximum atomic E-state index is 12.7. The van der Waals surface area contributed by atoms with E-state index in [1.807, 2.05) is 0 Å². The van der Waals surface area contributed by atoms with Crippen LogP contribution in [0.1, 0.15) is 24.2 Å². The number of ether oxygens (including phenoxy) is 2. The zero-order valence-corrected chi connectivity index (χ0v) is 14.5. The van der Waals surface area contributed by atoms with E-state index in [-0.39, 0.29) is 24.9 Å². The Labute approximate surface area is 141 Å². The fraction of sp³-hybridized carbons (Fsp3) is 0.471. The number of nitrogens with one attached hydrogen (secondary N) is 1. The molecule has 0 bridgehead atoms. The number of benzene rings is 1. The van der Waals surface area contributed by atoms with Gasteiger partial charge in [-0.1, -0.05) is 13.0 Å². The maximum Gasteiger partial charge on any atom is 0.310 e. The Balaban J connectivity index is 2.90. The molecule has 0 saturated heterocycles. The molecule has 2 amide bonds. The first kappa shape index (κ1) is 19.5. The van der Waals surface area contributed by atoms with E-state index in [0.717, 1.165) is 0 Å². The van der Waals surface area contributed by atoms with Gasteiger partial charge in [0.25, 0.3) is 5.91 Å². The number of hydrogen-bond donors (Lipinski definition) is 1. The largest absolute Gasteiger partial charge is 0.497 e. The van der Waals surface area contributed by atoms with Crippen molar-refractivity contribution in [2.24, 2.45) is 5.92 Å². The van der Waals surface area contributed by atoms with Crippen LogP contribution in [-0.2, 0) is 14.3 Å². The molecule has 0 heterocycles. The van der Waals surface area contributed by atoms with E-state index in [2.05, 4.69) is 5.32 Å². The summed E-state index contributed by atoms with van der Waals surface area (Å²) >= 11 is 0. The summed E-state index contributed by atoms with van der Waals surface area (Å²) in [6.45, 7) is 3.89. The predicted octanol–water partition coefficient (Wildman–Crippen LogP) is 1.08. The monoisotopic (exact) mass is 336 g/mol. The molecule has 7 heteroatoms. The van der Waals surface area contributed by atoms with Gasteiger partial charge in [0.05, 0.1) is 20.1 Å². The molecule has 1 unspecified atom stereocenters. The SMILES string of the molecule is COC(=O)C(C)CN(CCNC(C)=O)C(=O)c1cccc(OC)c1. The first-order valence-electron chi connectivity index (χ1n) is 7.64. The molecule has 7 nitrogen and oxygen atoms in total. The Morgan fingerprint density at radius 1 is 1.25 bits per heavy atom. The van der Waals surface area contributed by atoms with Crippen LogP contribution in [0.25, 0.3) is 0 Å². The number of amides is 2. The highest BCUT2D eigenvalue weighted by Crippen LogP contribution is 2.15. The van der Waals surface area contributed by atoms with Crippen LogP contribution in [0.4, 0.5) is 0 Å². The van der Waals surface area contributed by atoms with Crippen LogP contribution in [-0.4, -0.2) is 56.5 Å². The third-order valence-corrected chi connectivity index (χ3v) is 3.46. The lowest BCUT2D eigenvalue weighted by Gasteiger charge is -2.25. The molecule has 0 fully saturated rings. The molecule has 0 spiro atoms. The summed E-state index contributed by atoms with van der Waals surface area (Å²) in [5, 5.41) is 2.65. The minimum Gasteiger partial charge on any atom is -0.497 e. The second-order valence-electron chi connectivity index (χ2n) is 5.39. The second-order valence-corrected chi connectivity index (χ2v) is 5.39. The summed E-state index contributed by atoms with van der Waals surface area (Å²) in [6.07, 6.45) is 0. The number of rotatable bonds is 8. The Morgan fingerprint density at radius 3 is 2.54 bits per heavy atom. The lowest BCUT2D eigenvalue weighted by Crippen LogP contribution is -2.41. The van der Waals surface area contributed by atoms with Crippen molar-refractivity contribution in [2.75, 3.05) is 33.9 Å². The molecule has 1 aromatic carbocycles. The smallest absolute Gasteiger partial charge is 0.310 e. The van der Waals surface area contributed by atoms with Crippen molar-refractivity contribution in [1.29, 1.82) is 0 Å². The van der Waals surface area contributed by atoms with Crippen molar-refractivity contribution >= 4 is 17.8 Å². The summed E-state index contributed by atoms with van der Waals surface area (Å²) in [4.78, 5) is 36.9. The quantitative estimate of drug-likeness (QED) is 0.718. The van der Waals surface area contributed by atoms with Gasteiger partial charge in [-0.2, -0.15) is 0 Å². The second kappa shape index (κ2) is 9.54. The fourth-order valence-electron chi connectivity index (χ4n) is 2.19. The average Bonchev–Trinajstić information content (AvgIpc) is 2.59. The summed E-state index contributed by atoms with van der Waals surface area (Å²) in [7, 11) is 2.84. The first-order valence-corrected chi connectivity index (χ1v) is 7.64. The van der Waals surface area contributed by atoms with E-state index in [1.54, 1.807) is 31.2 Å². The van der Waals surface area contributed by atoms with Crippen molar-refractivity contribution < 1.29 is 23.9 Å². The molecule has 0 radical (unpaired) electrons. The first-order chi connectivity index (χ1) is 11.4. The molecule has 1 atom stereocenters. The number of esters is 1. The fourth-order valence-corrected chi connectivity index (χ4v) is 2.19. The van der Waals surface area contributed by atoms with Crippen LogP contribution in [0.2, 0.25) is 0 Å². The number of carbonyl (C=O) groups is 3. The van der Waals surface area contributed by atoms with E-state index < -0.39 is 11.9 Å². The minimum atomic E-state index is -0.470. The van der Waals surface area contributed by atoms with Gasteiger partial charge in [-0.25, -0.2) is 0 Å². The molecule has 0 aliphatic carbocycles. The van der Waals surface area contributed by atoms with E-state index in [1.165, 1.54) is 26.0 Å². The highest BCUT2D eigenvalue weighted by atomic mass is 16.5. The molecule has 0 aliphatic rings. The van der Waals surface area contributed by atoms with Gasteiger partial charge >= 0.3 is 5.97 Å². The molecule has 24 heavy (non-hydrogen) atoms. The highest BCUT2D eigenvalue weighted by molar-refractivity contribution is 5.95. The standard InChI is InChI=1S/C17H24N2O5/c1-12(17(22)24-4)11-19(9-8-18-13(2)20)16(21)14-6-5-7-15(10-14)23-3/h5-7,10,12H,8-9,11H2,1-4H3,(H,18,20). The summed E-state index contributed by atoms with van der Waals surface area (Å²) in [5.74, 6) is -0.705. The Bertz CT molecular complexity index is 588. The van der Waals surface area contributed by atoms with Crippen LogP contribution in [0, 0.1) is 5.92 Å². The van der Waals surface area contributed by atoms with Crippen molar-refractivity contribution in [3.8, 4) is 5.75 Å². The summed E-state index contributed by atoms with van der Waals surface area (Å²) < 4.78 is 9.84. The molecule has 132 valence electrons. The van der Waals surface area contributed by atoms with Crippen LogP contribution in [0.5, 0.6) is 5.75 Å². The summed E-state index contributed by atoms with van der Waals surface area (Å²) in [6, 6.07) is 6.78.